The van der Waals surface area contributed by atoms with Gasteiger partial charge in [0.1, 0.15) is 0 Å². The summed E-state index contributed by atoms with van der Waals surface area (Å²) in [6, 6.07) is 11.5. The SMILES string of the molecule is CN=C(NCc1cc(OC)c(O)c(OC)c1)N1CCN(c2cccc(Cl)c2)CC1.I. The van der Waals surface area contributed by atoms with E-state index in [9.17, 15) is 5.11 Å². The third-order valence-electron chi connectivity index (χ3n) is 4.95. The molecule has 0 aromatic heterocycles. The van der Waals surface area contributed by atoms with Gasteiger partial charge in [0, 0.05) is 50.5 Å². The maximum atomic E-state index is 10.1. The maximum Gasteiger partial charge on any atom is 0.200 e. The van der Waals surface area contributed by atoms with Crippen LogP contribution in [-0.2, 0) is 6.54 Å². The Morgan fingerprint density at radius 3 is 2.27 bits per heavy atom. The molecule has 0 amide bonds. The fraction of sp³-hybridized carbons (Fsp3) is 0.381. The van der Waals surface area contributed by atoms with E-state index >= 15 is 0 Å². The van der Waals surface area contributed by atoms with Crippen LogP contribution >= 0.6 is 35.6 Å². The van der Waals surface area contributed by atoms with Crippen LogP contribution in [0.2, 0.25) is 5.02 Å². The van der Waals surface area contributed by atoms with E-state index in [0.29, 0.717) is 18.0 Å². The van der Waals surface area contributed by atoms with Crippen LogP contribution < -0.4 is 19.7 Å². The van der Waals surface area contributed by atoms with Crippen molar-refractivity contribution in [3.63, 3.8) is 0 Å². The number of phenols is 1. The molecule has 1 saturated heterocycles. The number of hydrogen-bond acceptors (Lipinski definition) is 5. The number of guanidine groups is 1. The lowest BCUT2D eigenvalue weighted by Gasteiger charge is -2.37. The van der Waals surface area contributed by atoms with Crippen molar-refractivity contribution >= 4 is 47.2 Å². The predicted molar refractivity (Wildman–Crippen MR) is 132 cm³/mol. The summed E-state index contributed by atoms with van der Waals surface area (Å²) in [4.78, 5) is 8.98. The summed E-state index contributed by atoms with van der Waals surface area (Å²) in [7, 11) is 4.82. The first-order valence-electron chi connectivity index (χ1n) is 9.45. The number of anilines is 1. The molecule has 0 atom stereocenters. The highest BCUT2D eigenvalue weighted by atomic mass is 127. The zero-order chi connectivity index (χ0) is 20.8. The van der Waals surface area contributed by atoms with Gasteiger partial charge >= 0.3 is 0 Å². The average molecular weight is 547 g/mol. The van der Waals surface area contributed by atoms with Crippen molar-refractivity contribution < 1.29 is 14.6 Å². The minimum absolute atomic E-state index is 0. The molecule has 0 aliphatic carbocycles. The van der Waals surface area contributed by atoms with E-state index in [0.717, 1.165) is 48.4 Å². The third kappa shape index (κ3) is 5.75. The minimum atomic E-state index is 0. The van der Waals surface area contributed by atoms with E-state index in [4.69, 9.17) is 21.1 Å². The molecule has 1 aliphatic heterocycles. The molecular weight excluding hydrogens is 519 g/mol. The van der Waals surface area contributed by atoms with Gasteiger partial charge in [0.05, 0.1) is 14.2 Å². The van der Waals surface area contributed by atoms with Crippen molar-refractivity contribution in [3.05, 3.63) is 47.0 Å². The molecule has 0 unspecified atom stereocenters. The highest BCUT2D eigenvalue weighted by Gasteiger charge is 2.20. The number of nitrogens with zero attached hydrogens (tertiary/aromatic N) is 3. The van der Waals surface area contributed by atoms with Gasteiger partial charge in [0.2, 0.25) is 5.75 Å². The van der Waals surface area contributed by atoms with Gasteiger partial charge in [-0.25, -0.2) is 0 Å². The van der Waals surface area contributed by atoms with Gasteiger partial charge in [-0.15, -0.1) is 24.0 Å². The molecule has 1 heterocycles. The Morgan fingerprint density at radius 2 is 1.73 bits per heavy atom. The second-order valence-corrected chi connectivity index (χ2v) is 7.14. The van der Waals surface area contributed by atoms with Gasteiger partial charge in [0.25, 0.3) is 0 Å². The van der Waals surface area contributed by atoms with Crippen LogP contribution in [0.5, 0.6) is 17.2 Å². The monoisotopic (exact) mass is 546 g/mol. The van der Waals surface area contributed by atoms with E-state index < -0.39 is 0 Å². The molecular formula is C21H28ClIN4O3. The number of aliphatic imine (C=N–C) groups is 1. The minimum Gasteiger partial charge on any atom is -0.502 e. The molecule has 0 bridgehead atoms. The number of hydrogen-bond donors (Lipinski definition) is 2. The maximum absolute atomic E-state index is 10.1. The Bertz CT molecular complexity index is 848. The van der Waals surface area contributed by atoms with Crippen LogP contribution in [0.3, 0.4) is 0 Å². The highest BCUT2D eigenvalue weighted by Crippen LogP contribution is 2.37. The summed E-state index contributed by atoms with van der Waals surface area (Å²) in [5, 5.41) is 14.2. The number of benzene rings is 2. The topological polar surface area (TPSA) is 69.6 Å². The molecule has 9 heteroatoms. The first kappa shape index (κ1) is 24.2. The van der Waals surface area contributed by atoms with Crippen LogP contribution in [0.4, 0.5) is 5.69 Å². The molecule has 1 fully saturated rings. The van der Waals surface area contributed by atoms with Gasteiger partial charge in [-0.2, -0.15) is 0 Å². The first-order chi connectivity index (χ1) is 14.0. The van der Waals surface area contributed by atoms with Crippen LogP contribution in [0, 0.1) is 0 Å². The molecule has 164 valence electrons. The van der Waals surface area contributed by atoms with Crippen molar-refractivity contribution in [1.29, 1.82) is 0 Å². The van der Waals surface area contributed by atoms with Crippen LogP contribution in [-0.4, -0.2) is 63.4 Å². The lowest BCUT2D eigenvalue weighted by molar-refractivity contribution is 0.339. The fourth-order valence-electron chi connectivity index (χ4n) is 3.41. The van der Waals surface area contributed by atoms with Crippen molar-refractivity contribution in [2.45, 2.75) is 6.54 Å². The predicted octanol–water partition coefficient (Wildman–Crippen LogP) is 3.58. The molecule has 0 saturated carbocycles. The Hall–Kier alpha value is -2.07. The second kappa shape index (κ2) is 11.4. The Kier molecular flexibility index (Phi) is 9.16. The van der Waals surface area contributed by atoms with Crippen molar-refractivity contribution in [3.8, 4) is 17.2 Å². The van der Waals surface area contributed by atoms with Crippen molar-refractivity contribution in [2.24, 2.45) is 4.99 Å². The molecule has 3 rings (SSSR count). The van der Waals surface area contributed by atoms with Crippen molar-refractivity contribution in [1.82, 2.24) is 10.2 Å². The Balaban J connectivity index is 0.00000320. The molecule has 0 spiro atoms. The van der Waals surface area contributed by atoms with Gasteiger partial charge in [-0.1, -0.05) is 17.7 Å². The molecule has 2 aromatic carbocycles. The number of phenolic OH excluding ortho intramolecular Hbond substituents is 1. The number of ether oxygens (including phenoxy) is 2. The lowest BCUT2D eigenvalue weighted by atomic mass is 10.2. The summed E-state index contributed by atoms with van der Waals surface area (Å²) in [6.07, 6.45) is 0. The second-order valence-electron chi connectivity index (χ2n) is 6.70. The smallest absolute Gasteiger partial charge is 0.200 e. The van der Waals surface area contributed by atoms with E-state index in [1.54, 1.807) is 19.2 Å². The number of piperazine rings is 1. The fourth-order valence-corrected chi connectivity index (χ4v) is 3.60. The Morgan fingerprint density at radius 1 is 1.10 bits per heavy atom. The van der Waals surface area contributed by atoms with E-state index in [2.05, 4.69) is 26.2 Å². The largest absolute Gasteiger partial charge is 0.502 e. The summed E-state index contributed by atoms with van der Waals surface area (Å²) in [6.45, 7) is 4.03. The third-order valence-corrected chi connectivity index (χ3v) is 5.19. The standard InChI is InChI=1S/C21H27ClN4O3.HI/c1-23-21(24-14-15-11-18(28-2)20(27)19(12-15)29-3)26-9-7-25(8-10-26)17-6-4-5-16(22)13-17;/h4-6,11-13,27H,7-10,14H2,1-3H3,(H,23,24);1H. The van der Waals surface area contributed by atoms with Crippen LogP contribution in [0.25, 0.3) is 0 Å². The molecule has 2 aromatic rings. The van der Waals surface area contributed by atoms with Crippen molar-refractivity contribution in [2.75, 3.05) is 52.3 Å². The summed E-state index contributed by atoms with van der Waals surface area (Å²) in [5.74, 6) is 1.60. The average Bonchev–Trinajstić information content (AvgIpc) is 2.75. The number of nitrogens with one attached hydrogen (secondary N) is 1. The lowest BCUT2D eigenvalue weighted by Crippen LogP contribution is -2.52. The summed E-state index contributed by atoms with van der Waals surface area (Å²) in [5.41, 5.74) is 2.07. The Labute approximate surface area is 199 Å². The zero-order valence-electron chi connectivity index (χ0n) is 17.4. The molecule has 0 radical (unpaired) electrons. The van der Waals surface area contributed by atoms with Crippen LogP contribution in [0.1, 0.15) is 5.56 Å². The van der Waals surface area contributed by atoms with E-state index in [1.165, 1.54) is 14.2 Å². The van der Waals surface area contributed by atoms with E-state index in [-0.39, 0.29) is 29.7 Å². The first-order valence-corrected chi connectivity index (χ1v) is 9.83. The number of aromatic hydroxyl groups is 1. The highest BCUT2D eigenvalue weighted by molar-refractivity contribution is 14.0. The van der Waals surface area contributed by atoms with Gasteiger partial charge in [0.15, 0.2) is 17.5 Å². The van der Waals surface area contributed by atoms with Gasteiger partial charge in [-0.3, -0.25) is 4.99 Å². The molecule has 7 nitrogen and oxygen atoms in total. The van der Waals surface area contributed by atoms with E-state index in [1.807, 2.05) is 18.2 Å². The quantitative estimate of drug-likeness (QED) is 0.340. The van der Waals surface area contributed by atoms with Gasteiger partial charge in [-0.05, 0) is 35.9 Å². The summed E-state index contributed by atoms with van der Waals surface area (Å²) >= 11 is 6.12. The normalized spacial score (nSPS) is 14.2. The van der Waals surface area contributed by atoms with Crippen LogP contribution in [0.15, 0.2) is 41.4 Å². The molecule has 2 N–H and O–H groups in total. The number of rotatable bonds is 5. The number of halogens is 2. The van der Waals surface area contributed by atoms with Gasteiger partial charge < -0.3 is 29.7 Å². The number of methoxy groups -OCH3 is 2. The molecule has 30 heavy (non-hydrogen) atoms. The molecule has 1 aliphatic rings. The summed E-state index contributed by atoms with van der Waals surface area (Å²) < 4.78 is 10.5. The zero-order valence-corrected chi connectivity index (χ0v) is 20.5.